The summed E-state index contributed by atoms with van der Waals surface area (Å²) in [5.41, 5.74) is 1.96. The molecule has 0 fully saturated rings. The molecular formula is C22H18N2O4S. The number of aryl methyl sites for hydroxylation is 1. The predicted octanol–water partition coefficient (Wildman–Crippen LogP) is 3.09. The lowest BCUT2D eigenvalue weighted by Gasteiger charge is -2.16. The topological polar surface area (TPSA) is 85.2 Å². The lowest BCUT2D eigenvalue weighted by atomic mass is 9.99. The monoisotopic (exact) mass is 406 g/mol. The summed E-state index contributed by atoms with van der Waals surface area (Å²) in [7, 11) is -3.99. The molecule has 0 aliphatic heterocycles. The molecule has 0 spiro atoms. The number of nitrogens with zero attached hydrogens (tertiary/aromatic N) is 1. The van der Waals surface area contributed by atoms with E-state index in [4.69, 9.17) is 0 Å². The molecule has 0 saturated carbocycles. The zero-order chi connectivity index (χ0) is 20.6. The number of aromatic nitrogens is 1. The molecule has 2 aromatic carbocycles. The molecule has 0 radical (unpaired) electrons. The Labute approximate surface area is 168 Å². The Balaban J connectivity index is 1.66. The second-order valence-corrected chi connectivity index (χ2v) is 8.60. The van der Waals surface area contributed by atoms with Crippen LogP contribution < -0.4 is 5.32 Å². The maximum Gasteiger partial charge on any atom is 0.268 e. The molecule has 1 aromatic heterocycles. The van der Waals surface area contributed by atoms with Crippen molar-refractivity contribution in [3.63, 3.8) is 0 Å². The maximum atomic E-state index is 13.0. The van der Waals surface area contributed by atoms with Crippen molar-refractivity contribution in [3.8, 4) is 0 Å². The molecule has 0 amide bonds. The largest absolute Gasteiger partial charge is 0.378 e. The average Bonchev–Trinajstić information content (AvgIpc) is 3.18. The first-order valence-electron chi connectivity index (χ1n) is 9.00. The number of rotatable bonds is 5. The zero-order valence-electron chi connectivity index (χ0n) is 15.6. The van der Waals surface area contributed by atoms with Gasteiger partial charge in [-0.25, -0.2) is 12.4 Å². The Hall–Kier alpha value is -3.45. The van der Waals surface area contributed by atoms with Gasteiger partial charge in [0.05, 0.1) is 16.2 Å². The summed E-state index contributed by atoms with van der Waals surface area (Å²) in [6.45, 7) is 2.23. The van der Waals surface area contributed by atoms with Crippen LogP contribution >= 0.6 is 0 Å². The molecule has 4 rings (SSSR count). The molecule has 6 nitrogen and oxygen atoms in total. The Bertz CT molecular complexity index is 1240. The van der Waals surface area contributed by atoms with Gasteiger partial charge in [-0.05, 0) is 30.7 Å². The van der Waals surface area contributed by atoms with Crippen LogP contribution in [0.2, 0.25) is 0 Å². The molecule has 1 aliphatic carbocycles. The third-order valence-electron chi connectivity index (χ3n) is 4.75. The van der Waals surface area contributed by atoms with E-state index in [1.807, 2.05) is 37.3 Å². The number of hydrogen-bond acceptors (Lipinski definition) is 5. The molecule has 7 heteroatoms. The van der Waals surface area contributed by atoms with Crippen LogP contribution in [0.5, 0.6) is 0 Å². The molecule has 1 aliphatic rings. The van der Waals surface area contributed by atoms with Crippen molar-refractivity contribution in [2.75, 3.05) is 0 Å². The van der Waals surface area contributed by atoms with E-state index in [1.165, 1.54) is 24.4 Å². The number of ketones is 2. The van der Waals surface area contributed by atoms with E-state index < -0.39 is 21.6 Å². The number of Topliss-reactive ketones (excluding diaryl/α,β-unsaturated/α-hetero) is 1. The summed E-state index contributed by atoms with van der Waals surface area (Å²) in [4.78, 5) is 25.6. The first kappa shape index (κ1) is 18.9. The molecule has 29 heavy (non-hydrogen) atoms. The Kier molecular flexibility index (Phi) is 4.68. The van der Waals surface area contributed by atoms with E-state index in [1.54, 1.807) is 12.1 Å². The maximum absolute atomic E-state index is 13.0. The SMILES string of the molecule is Cc1ccc(S(=O)(=O)n2ccc3c2C(=O)C=C(NCc2ccccc2)C3=O)cc1. The normalized spacial score (nSPS) is 13.8. The summed E-state index contributed by atoms with van der Waals surface area (Å²) in [6.07, 6.45) is 2.42. The highest BCUT2D eigenvalue weighted by Gasteiger charge is 2.32. The smallest absolute Gasteiger partial charge is 0.268 e. The fourth-order valence-electron chi connectivity index (χ4n) is 3.20. The minimum atomic E-state index is -3.99. The van der Waals surface area contributed by atoms with Gasteiger partial charge >= 0.3 is 0 Å². The molecular weight excluding hydrogens is 388 g/mol. The highest BCUT2D eigenvalue weighted by Crippen LogP contribution is 2.26. The first-order valence-corrected chi connectivity index (χ1v) is 10.4. The minimum Gasteiger partial charge on any atom is -0.378 e. The van der Waals surface area contributed by atoms with E-state index in [0.717, 1.165) is 21.2 Å². The third kappa shape index (κ3) is 3.40. The summed E-state index contributed by atoms with van der Waals surface area (Å²) in [5.74, 6) is -0.941. The minimum absolute atomic E-state index is 0.0544. The van der Waals surface area contributed by atoms with E-state index >= 15 is 0 Å². The summed E-state index contributed by atoms with van der Waals surface area (Å²) >= 11 is 0. The number of fused-ring (bicyclic) bond motifs is 1. The van der Waals surface area contributed by atoms with E-state index in [0.29, 0.717) is 6.54 Å². The van der Waals surface area contributed by atoms with Gasteiger partial charge in [0.2, 0.25) is 11.6 Å². The van der Waals surface area contributed by atoms with Crippen molar-refractivity contribution in [2.45, 2.75) is 18.4 Å². The number of hydrogen-bond donors (Lipinski definition) is 1. The standard InChI is InChI=1S/C22H18N2O4S/c1-15-7-9-17(10-8-15)29(27,28)24-12-11-18-21(24)20(25)13-19(22(18)26)23-14-16-5-3-2-4-6-16/h2-13,23H,14H2,1H3. The van der Waals surface area contributed by atoms with E-state index in [2.05, 4.69) is 5.32 Å². The quantitative estimate of drug-likeness (QED) is 0.704. The van der Waals surface area contributed by atoms with E-state index in [-0.39, 0.29) is 21.8 Å². The van der Waals surface area contributed by atoms with Gasteiger partial charge in [-0.15, -0.1) is 0 Å². The van der Waals surface area contributed by atoms with Gasteiger partial charge < -0.3 is 5.32 Å². The van der Waals surface area contributed by atoms with Crippen LogP contribution in [0, 0.1) is 6.92 Å². The van der Waals surface area contributed by atoms with Crippen LogP contribution in [0.15, 0.2) is 83.5 Å². The van der Waals surface area contributed by atoms with Crippen molar-refractivity contribution < 1.29 is 18.0 Å². The molecule has 1 N–H and O–H groups in total. The van der Waals surface area contributed by atoms with Crippen molar-refractivity contribution in [1.82, 2.24) is 9.29 Å². The molecule has 0 unspecified atom stereocenters. The van der Waals surface area contributed by atoms with Crippen LogP contribution in [0.4, 0.5) is 0 Å². The van der Waals surface area contributed by atoms with Gasteiger partial charge in [-0.2, -0.15) is 0 Å². The second-order valence-electron chi connectivity index (χ2n) is 6.78. The molecule has 1 heterocycles. The molecule has 3 aromatic rings. The number of carbonyl (C=O) groups excluding carboxylic acids is 2. The number of allylic oxidation sites excluding steroid dienone is 2. The van der Waals surface area contributed by atoms with Crippen LogP contribution in [0.3, 0.4) is 0 Å². The number of nitrogens with one attached hydrogen (secondary N) is 1. The summed E-state index contributed by atoms with van der Waals surface area (Å²) in [6, 6.07) is 17.2. The third-order valence-corrected chi connectivity index (χ3v) is 6.44. The van der Waals surface area contributed by atoms with Crippen LogP contribution in [-0.2, 0) is 16.6 Å². The fraction of sp³-hybridized carbons (Fsp3) is 0.0909. The van der Waals surface area contributed by atoms with Gasteiger partial charge in [-0.3, -0.25) is 9.59 Å². The first-order chi connectivity index (χ1) is 13.9. The van der Waals surface area contributed by atoms with Crippen molar-refractivity contribution in [3.05, 3.63) is 101 Å². The van der Waals surface area contributed by atoms with Gasteiger partial charge in [0, 0.05) is 18.8 Å². The molecule has 0 saturated heterocycles. The van der Waals surface area contributed by atoms with Gasteiger partial charge in [0.1, 0.15) is 5.69 Å². The predicted molar refractivity (Wildman–Crippen MR) is 108 cm³/mol. The summed E-state index contributed by atoms with van der Waals surface area (Å²) in [5, 5.41) is 2.98. The van der Waals surface area contributed by atoms with E-state index in [9.17, 15) is 18.0 Å². The van der Waals surface area contributed by atoms with Crippen LogP contribution in [0.1, 0.15) is 32.0 Å². The summed E-state index contributed by atoms with van der Waals surface area (Å²) < 4.78 is 26.9. The average molecular weight is 406 g/mol. The molecule has 0 bridgehead atoms. The Morgan fingerprint density at radius 2 is 1.62 bits per heavy atom. The Morgan fingerprint density at radius 1 is 0.931 bits per heavy atom. The fourth-order valence-corrected chi connectivity index (χ4v) is 4.55. The van der Waals surface area contributed by atoms with Crippen molar-refractivity contribution in [1.29, 1.82) is 0 Å². The van der Waals surface area contributed by atoms with Crippen molar-refractivity contribution in [2.24, 2.45) is 0 Å². The van der Waals surface area contributed by atoms with Crippen LogP contribution in [-0.4, -0.2) is 24.0 Å². The molecule has 146 valence electrons. The van der Waals surface area contributed by atoms with Gasteiger partial charge in [0.15, 0.2) is 0 Å². The highest BCUT2D eigenvalue weighted by molar-refractivity contribution is 7.90. The lowest BCUT2D eigenvalue weighted by Crippen LogP contribution is -2.28. The Morgan fingerprint density at radius 3 is 2.31 bits per heavy atom. The molecule has 0 atom stereocenters. The highest BCUT2D eigenvalue weighted by atomic mass is 32.2. The van der Waals surface area contributed by atoms with Gasteiger partial charge in [0.25, 0.3) is 10.0 Å². The second kappa shape index (κ2) is 7.18. The van der Waals surface area contributed by atoms with Crippen LogP contribution in [0.25, 0.3) is 0 Å². The number of carbonyl (C=O) groups is 2. The van der Waals surface area contributed by atoms with Gasteiger partial charge in [-0.1, -0.05) is 48.0 Å². The lowest BCUT2D eigenvalue weighted by molar-refractivity contribution is 0.0975. The zero-order valence-corrected chi connectivity index (χ0v) is 16.4. The number of benzene rings is 2. The van der Waals surface area contributed by atoms with Crippen molar-refractivity contribution >= 4 is 21.6 Å².